The minimum absolute atomic E-state index is 0.00299. The number of amides is 2. The minimum atomic E-state index is -0.215. The molecule has 1 aromatic heterocycles. The van der Waals surface area contributed by atoms with Gasteiger partial charge in [0.1, 0.15) is 6.04 Å². The molecule has 1 atom stereocenters. The van der Waals surface area contributed by atoms with Crippen LogP contribution in [0.2, 0.25) is 0 Å². The Morgan fingerprint density at radius 1 is 1.17 bits per heavy atom. The summed E-state index contributed by atoms with van der Waals surface area (Å²) in [6, 6.07) is -0.218. The van der Waals surface area contributed by atoms with Crippen LogP contribution in [0.5, 0.6) is 0 Å². The van der Waals surface area contributed by atoms with Crippen molar-refractivity contribution in [1.82, 2.24) is 20.4 Å². The number of carbonyl (C=O) groups excluding carboxylic acids is 1. The third-order valence-corrected chi connectivity index (χ3v) is 4.75. The molecule has 2 fully saturated rings. The third-order valence-electron chi connectivity index (χ3n) is 4.75. The van der Waals surface area contributed by atoms with Crippen molar-refractivity contribution in [3.05, 3.63) is 11.7 Å². The predicted octanol–water partition coefficient (Wildman–Crippen LogP) is 3.62. The van der Waals surface area contributed by atoms with Crippen LogP contribution in [0.1, 0.15) is 82.5 Å². The van der Waals surface area contributed by atoms with E-state index < -0.39 is 0 Å². The van der Waals surface area contributed by atoms with Gasteiger partial charge in [-0.05, 0) is 31.6 Å². The Morgan fingerprint density at radius 3 is 2.43 bits per heavy atom. The Morgan fingerprint density at radius 2 is 1.83 bits per heavy atom. The zero-order chi connectivity index (χ0) is 16.2. The molecule has 0 unspecified atom stereocenters. The second-order valence-corrected chi connectivity index (χ2v) is 7.19. The van der Waals surface area contributed by atoms with Gasteiger partial charge in [-0.15, -0.1) is 0 Å². The van der Waals surface area contributed by atoms with Gasteiger partial charge in [-0.25, -0.2) is 4.79 Å². The molecule has 2 amide bonds. The first-order valence-electron chi connectivity index (χ1n) is 9.04. The molecular weight excluding hydrogens is 292 g/mol. The molecule has 1 N–H and O–H groups in total. The summed E-state index contributed by atoms with van der Waals surface area (Å²) < 4.78 is 5.43. The monoisotopic (exact) mass is 320 g/mol. The summed E-state index contributed by atoms with van der Waals surface area (Å²) in [4.78, 5) is 19.1. The highest BCUT2D eigenvalue weighted by Crippen LogP contribution is 2.38. The van der Waals surface area contributed by atoms with Crippen LogP contribution in [0.15, 0.2) is 4.52 Å². The number of hydrogen-bond acceptors (Lipinski definition) is 4. The van der Waals surface area contributed by atoms with Crippen molar-refractivity contribution >= 4 is 6.03 Å². The molecule has 6 nitrogen and oxygen atoms in total. The lowest BCUT2D eigenvalue weighted by Gasteiger charge is -2.28. The number of nitrogens with zero attached hydrogens (tertiary/aromatic N) is 3. The highest BCUT2D eigenvalue weighted by Gasteiger charge is 2.32. The first-order valence-corrected chi connectivity index (χ1v) is 9.04. The number of nitrogens with one attached hydrogen (secondary N) is 1. The lowest BCUT2D eigenvalue weighted by atomic mass is 10.0. The Labute approximate surface area is 138 Å². The maximum absolute atomic E-state index is 12.6. The Hall–Kier alpha value is -1.59. The first kappa shape index (κ1) is 16.3. The van der Waals surface area contributed by atoms with Crippen molar-refractivity contribution in [2.45, 2.75) is 70.8 Å². The van der Waals surface area contributed by atoms with E-state index in [0.717, 1.165) is 44.6 Å². The largest absolute Gasteiger partial charge is 0.337 e. The zero-order valence-electron chi connectivity index (χ0n) is 14.3. The van der Waals surface area contributed by atoms with E-state index in [1.807, 2.05) is 4.90 Å². The highest BCUT2D eigenvalue weighted by molar-refractivity contribution is 5.74. The molecule has 0 aromatic carbocycles. The van der Waals surface area contributed by atoms with Crippen LogP contribution < -0.4 is 5.32 Å². The Kier molecular flexibility index (Phi) is 5.18. The summed E-state index contributed by atoms with van der Waals surface area (Å²) >= 11 is 0. The summed E-state index contributed by atoms with van der Waals surface area (Å²) in [5, 5.41) is 7.19. The third kappa shape index (κ3) is 4.24. The minimum Gasteiger partial charge on any atom is -0.337 e. The molecule has 1 aromatic rings. The van der Waals surface area contributed by atoms with Crippen molar-refractivity contribution in [1.29, 1.82) is 0 Å². The molecule has 0 radical (unpaired) electrons. The summed E-state index contributed by atoms with van der Waals surface area (Å²) in [6.07, 6.45) is 8.18. The average Bonchev–Trinajstić information content (AvgIpc) is 3.22. The second kappa shape index (κ2) is 7.32. The smallest absolute Gasteiger partial charge is 0.318 e. The van der Waals surface area contributed by atoms with Gasteiger partial charge in [0.15, 0.2) is 5.82 Å². The van der Waals surface area contributed by atoms with E-state index in [1.165, 1.54) is 19.3 Å². The fourth-order valence-corrected chi connectivity index (χ4v) is 3.07. The van der Waals surface area contributed by atoms with E-state index in [4.69, 9.17) is 4.52 Å². The maximum Gasteiger partial charge on any atom is 0.318 e. The number of likely N-dealkylation sites (tertiary alicyclic amines) is 1. The molecule has 1 aliphatic heterocycles. The van der Waals surface area contributed by atoms with Crippen LogP contribution in [-0.2, 0) is 0 Å². The van der Waals surface area contributed by atoms with Crippen LogP contribution in [0, 0.1) is 5.92 Å². The van der Waals surface area contributed by atoms with E-state index in [0.29, 0.717) is 11.8 Å². The fraction of sp³-hybridized carbons (Fsp3) is 0.824. The van der Waals surface area contributed by atoms with Crippen LogP contribution in [0.4, 0.5) is 4.79 Å². The topological polar surface area (TPSA) is 71.3 Å². The summed E-state index contributed by atoms with van der Waals surface area (Å²) in [6.45, 7) is 5.82. The van der Waals surface area contributed by atoms with Crippen LogP contribution in [0.25, 0.3) is 0 Å². The molecule has 0 spiro atoms. The van der Waals surface area contributed by atoms with E-state index >= 15 is 0 Å². The first-order chi connectivity index (χ1) is 11.1. The lowest BCUT2D eigenvalue weighted by molar-refractivity contribution is 0.179. The molecule has 128 valence electrons. The molecular formula is C17H28N4O2. The standard InChI is InChI=1S/C17H28N4O2/c1-12(2)14(16-19-15(20-23-16)13-8-9-13)18-17(22)21-10-6-4-3-5-7-11-21/h12-14H,3-11H2,1-2H3,(H,18,22)/t14-/m1/s1. The quantitative estimate of drug-likeness (QED) is 0.919. The number of rotatable bonds is 4. The molecule has 1 saturated heterocycles. The van der Waals surface area contributed by atoms with Gasteiger partial charge >= 0.3 is 6.03 Å². The van der Waals surface area contributed by atoms with E-state index in [2.05, 4.69) is 29.3 Å². The fourth-order valence-electron chi connectivity index (χ4n) is 3.07. The van der Waals surface area contributed by atoms with Gasteiger partial charge in [0.25, 0.3) is 0 Å². The van der Waals surface area contributed by atoms with Gasteiger partial charge in [0.05, 0.1) is 0 Å². The summed E-state index contributed by atoms with van der Waals surface area (Å²) in [7, 11) is 0. The van der Waals surface area contributed by atoms with Gasteiger partial charge in [-0.1, -0.05) is 38.3 Å². The molecule has 2 heterocycles. The van der Waals surface area contributed by atoms with Gasteiger partial charge in [-0.3, -0.25) is 0 Å². The van der Waals surface area contributed by atoms with Crippen LogP contribution in [0.3, 0.4) is 0 Å². The van der Waals surface area contributed by atoms with Crippen molar-refractivity contribution in [3.63, 3.8) is 0 Å². The van der Waals surface area contributed by atoms with Crippen LogP contribution >= 0.6 is 0 Å². The van der Waals surface area contributed by atoms with Crippen LogP contribution in [-0.4, -0.2) is 34.2 Å². The second-order valence-electron chi connectivity index (χ2n) is 7.19. The number of aromatic nitrogens is 2. The van der Waals surface area contributed by atoms with E-state index in [1.54, 1.807) is 0 Å². The van der Waals surface area contributed by atoms with Crippen molar-refractivity contribution in [2.75, 3.05) is 13.1 Å². The molecule has 1 aliphatic carbocycles. The van der Waals surface area contributed by atoms with Gasteiger partial charge in [0.2, 0.25) is 5.89 Å². The molecule has 23 heavy (non-hydrogen) atoms. The van der Waals surface area contributed by atoms with E-state index in [-0.39, 0.29) is 18.0 Å². The maximum atomic E-state index is 12.6. The highest BCUT2D eigenvalue weighted by atomic mass is 16.5. The zero-order valence-corrected chi connectivity index (χ0v) is 14.3. The SMILES string of the molecule is CC(C)[C@@H](NC(=O)N1CCCCCCC1)c1nc(C2CC2)no1. The van der Waals surface area contributed by atoms with Crippen molar-refractivity contribution in [3.8, 4) is 0 Å². The van der Waals surface area contributed by atoms with Gasteiger partial charge in [0, 0.05) is 19.0 Å². The molecule has 3 rings (SSSR count). The average molecular weight is 320 g/mol. The normalized spacial score (nSPS) is 20.9. The number of carbonyl (C=O) groups is 1. The molecule has 6 heteroatoms. The van der Waals surface area contributed by atoms with Crippen molar-refractivity contribution in [2.24, 2.45) is 5.92 Å². The lowest BCUT2D eigenvalue weighted by Crippen LogP contribution is -2.44. The summed E-state index contributed by atoms with van der Waals surface area (Å²) in [5.41, 5.74) is 0. The Bertz CT molecular complexity index is 516. The van der Waals surface area contributed by atoms with Crippen molar-refractivity contribution < 1.29 is 9.32 Å². The van der Waals surface area contributed by atoms with E-state index in [9.17, 15) is 4.79 Å². The number of hydrogen-bond donors (Lipinski definition) is 1. The molecule has 2 aliphatic rings. The molecule has 1 saturated carbocycles. The summed E-state index contributed by atoms with van der Waals surface area (Å²) in [5.74, 6) is 2.01. The Balaban J connectivity index is 1.64. The molecule has 0 bridgehead atoms. The number of urea groups is 1. The predicted molar refractivity (Wildman–Crippen MR) is 87.0 cm³/mol. The van der Waals surface area contributed by atoms with Gasteiger partial charge in [-0.2, -0.15) is 4.98 Å². The van der Waals surface area contributed by atoms with Gasteiger partial charge < -0.3 is 14.7 Å².